The Morgan fingerprint density at radius 2 is 0.508 bits per heavy atom. The molecule has 1 atom stereocenters. The summed E-state index contributed by atoms with van der Waals surface area (Å²) in [7, 11) is 0. The van der Waals surface area contributed by atoms with Crippen LogP contribution in [-0.2, 0) is 28.6 Å². The zero-order valence-electron chi connectivity index (χ0n) is 44.0. The van der Waals surface area contributed by atoms with Crippen LogP contribution in [0.3, 0.4) is 0 Å². The molecule has 0 aliphatic carbocycles. The van der Waals surface area contributed by atoms with Crippen molar-refractivity contribution in [2.45, 2.75) is 335 Å². The third kappa shape index (κ3) is 53.0. The van der Waals surface area contributed by atoms with Crippen molar-refractivity contribution in [3.05, 3.63) is 12.2 Å². The minimum absolute atomic E-state index is 0.0642. The molecule has 0 saturated heterocycles. The van der Waals surface area contributed by atoms with E-state index in [0.29, 0.717) is 19.3 Å². The number of ether oxygens (including phenoxy) is 3. The number of carbonyl (C=O) groups is 3. The van der Waals surface area contributed by atoms with E-state index < -0.39 is 6.10 Å². The van der Waals surface area contributed by atoms with Gasteiger partial charge in [0.1, 0.15) is 13.2 Å². The van der Waals surface area contributed by atoms with Crippen molar-refractivity contribution < 1.29 is 28.6 Å². The van der Waals surface area contributed by atoms with E-state index in [1.165, 1.54) is 231 Å². The second-order valence-electron chi connectivity index (χ2n) is 19.9. The van der Waals surface area contributed by atoms with Crippen molar-refractivity contribution in [1.82, 2.24) is 0 Å². The SMILES string of the molecule is CCCCCCCCCC/C=C\CCCCCCCCCCCCCC(=O)OCC(COC(=O)CCCCCCCCCCCCC)OC(=O)CCCCCCCCCCCCCCC. The Labute approximate surface area is 405 Å². The molecule has 0 saturated carbocycles. The fraction of sp³-hybridized carbons (Fsp3) is 0.915. The fourth-order valence-electron chi connectivity index (χ4n) is 8.85. The second-order valence-corrected chi connectivity index (χ2v) is 19.9. The predicted octanol–water partition coefficient (Wildman–Crippen LogP) is 19.3. The Morgan fingerprint density at radius 1 is 0.292 bits per heavy atom. The van der Waals surface area contributed by atoms with E-state index >= 15 is 0 Å². The summed E-state index contributed by atoms with van der Waals surface area (Å²) in [5, 5.41) is 0. The van der Waals surface area contributed by atoms with Gasteiger partial charge < -0.3 is 14.2 Å². The van der Waals surface area contributed by atoms with Crippen LogP contribution in [0.1, 0.15) is 329 Å². The number of esters is 3. The third-order valence-corrected chi connectivity index (χ3v) is 13.3. The quantitative estimate of drug-likeness (QED) is 0.0262. The molecular weight excluding hydrogens is 805 g/mol. The smallest absolute Gasteiger partial charge is 0.306 e. The van der Waals surface area contributed by atoms with Gasteiger partial charge in [0.2, 0.25) is 0 Å². The lowest BCUT2D eigenvalue weighted by Gasteiger charge is -2.18. The molecule has 6 nitrogen and oxygen atoms in total. The van der Waals surface area contributed by atoms with Crippen LogP contribution in [0, 0.1) is 0 Å². The average Bonchev–Trinajstić information content (AvgIpc) is 3.30. The molecule has 0 rings (SSSR count). The Balaban J connectivity index is 4.19. The molecule has 384 valence electrons. The number of allylic oxidation sites excluding steroid dienone is 2. The van der Waals surface area contributed by atoms with Crippen molar-refractivity contribution in [3.63, 3.8) is 0 Å². The zero-order chi connectivity index (χ0) is 47.2. The molecule has 0 amide bonds. The number of carbonyl (C=O) groups excluding carboxylic acids is 3. The van der Waals surface area contributed by atoms with Gasteiger partial charge in [-0.05, 0) is 44.9 Å². The highest BCUT2D eigenvalue weighted by Gasteiger charge is 2.19. The summed E-state index contributed by atoms with van der Waals surface area (Å²) in [5.74, 6) is -0.843. The fourth-order valence-corrected chi connectivity index (χ4v) is 8.85. The van der Waals surface area contributed by atoms with Crippen LogP contribution >= 0.6 is 0 Å². The van der Waals surface area contributed by atoms with E-state index in [2.05, 4.69) is 32.9 Å². The summed E-state index contributed by atoms with van der Waals surface area (Å²) >= 11 is 0. The van der Waals surface area contributed by atoms with E-state index in [1.54, 1.807) is 0 Å². The summed E-state index contributed by atoms with van der Waals surface area (Å²) in [6, 6.07) is 0. The first kappa shape index (κ1) is 63.1. The van der Waals surface area contributed by atoms with Gasteiger partial charge in [-0.2, -0.15) is 0 Å². The molecule has 0 N–H and O–H groups in total. The highest BCUT2D eigenvalue weighted by molar-refractivity contribution is 5.71. The van der Waals surface area contributed by atoms with E-state index in [-0.39, 0.29) is 31.1 Å². The van der Waals surface area contributed by atoms with Crippen molar-refractivity contribution in [2.24, 2.45) is 0 Å². The molecule has 0 aromatic carbocycles. The molecule has 6 heteroatoms. The molecule has 1 unspecified atom stereocenters. The van der Waals surface area contributed by atoms with Crippen LogP contribution in [0.5, 0.6) is 0 Å². The van der Waals surface area contributed by atoms with Crippen LogP contribution < -0.4 is 0 Å². The van der Waals surface area contributed by atoms with Crippen LogP contribution in [0.25, 0.3) is 0 Å². The highest BCUT2D eigenvalue weighted by Crippen LogP contribution is 2.17. The summed E-state index contributed by atoms with van der Waals surface area (Å²) < 4.78 is 16.9. The predicted molar refractivity (Wildman–Crippen MR) is 280 cm³/mol. The summed E-state index contributed by atoms with van der Waals surface area (Å²) in [6.07, 6.45) is 62.1. The van der Waals surface area contributed by atoms with E-state index in [0.717, 1.165) is 57.8 Å². The van der Waals surface area contributed by atoms with Gasteiger partial charge in [-0.25, -0.2) is 0 Å². The number of hydrogen-bond acceptors (Lipinski definition) is 6. The number of hydrogen-bond donors (Lipinski definition) is 0. The molecule has 0 spiro atoms. The maximum atomic E-state index is 12.8. The first-order valence-electron chi connectivity index (χ1n) is 29.2. The second kappa shape index (κ2) is 54.8. The molecule has 0 aliphatic heterocycles. The molecule has 0 heterocycles. The third-order valence-electron chi connectivity index (χ3n) is 13.3. The van der Waals surface area contributed by atoms with Crippen LogP contribution in [-0.4, -0.2) is 37.2 Å². The van der Waals surface area contributed by atoms with Gasteiger partial charge >= 0.3 is 17.9 Å². The van der Waals surface area contributed by atoms with Gasteiger partial charge in [0.25, 0.3) is 0 Å². The molecular formula is C59H112O6. The molecule has 0 aliphatic rings. The minimum atomic E-state index is -0.763. The molecule has 65 heavy (non-hydrogen) atoms. The topological polar surface area (TPSA) is 78.9 Å². The van der Waals surface area contributed by atoms with Crippen molar-refractivity contribution in [3.8, 4) is 0 Å². The summed E-state index contributed by atoms with van der Waals surface area (Å²) in [4.78, 5) is 38.0. The molecule has 0 radical (unpaired) electrons. The van der Waals surface area contributed by atoms with Crippen LogP contribution in [0.4, 0.5) is 0 Å². The molecule has 0 aromatic rings. The Hall–Kier alpha value is -1.85. The van der Waals surface area contributed by atoms with Gasteiger partial charge in [0.05, 0.1) is 0 Å². The average molecular weight is 918 g/mol. The summed E-state index contributed by atoms with van der Waals surface area (Å²) in [6.45, 7) is 6.68. The normalized spacial score (nSPS) is 12.0. The Morgan fingerprint density at radius 3 is 0.769 bits per heavy atom. The number of rotatable bonds is 54. The van der Waals surface area contributed by atoms with Crippen molar-refractivity contribution >= 4 is 17.9 Å². The van der Waals surface area contributed by atoms with Gasteiger partial charge in [-0.1, -0.05) is 277 Å². The maximum absolute atomic E-state index is 12.8. The molecule has 0 bridgehead atoms. The molecule has 0 fully saturated rings. The maximum Gasteiger partial charge on any atom is 0.306 e. The van der Waals surface area contributed by atoms with E-state index in [1.807, 2.05) is 0 Å². The van der Waals surface area contributed by atoms with Crippen LogP contribution in [0.15, 0.2) is 12.2 Å². The first-order chi connectivity index (χ1) is 32.0. The van der Waals surface area contributed by atoms with Crippen LogP contribution in [0.2, 0.25) is 0 Å². The van der Waals surface area contributed by atoms with Gasteiger partial charge in [0.15, 0.2) is 6.10 Å². The lowest BCUT2D eigenvalue weighted by molar-refractivity contribution is -0.167. The largest absolute Gasteiger partial charge is 0.462 e. The summed E-state index contributed by atoms with van der Waals surface area (Å²) in [5.41, 5.74) is 0. The Kier molecular flexibility index (Phi) is 53.2. The highest BCUT2D eigenvalue weighted by atomic mass is 16.6. The molecule has 0 aromatic heterocycles. The monoisotopic (exact) mass is 917 g/mol. The first-order valence-corrected chi connectivity index (χ1v) is 29.2. The lowest BCUT2D eigenvalue weighted by Crippen LogP contribution is -2.30. The standard InChI is InChI=1S/C59H112O6/c1-4-7-10-13-16-19-22-24-25-26-27-28-29-30-31-32-33-35-37-40-43-46-49-52-58(61)64-55-56(54-63-57(60)51-48-45-42-39-36-21-18-15-12-9-6-3)65-59(62)53-50-47-44-41-38-34-23-20-17-14-11-8-5-2/h26-27,56H,4-25,28-55H2,1-3H3/b27-26-. The van der Waals surface area contributed by atoms with Gasteiger partial charge in [-0.3, -0.25) is 14.4 Å². The van der Waals surface area contributed by atoms with E-state index in [4.69, 9.17) is 14.2 Å². The zero-order valence-corrected chi connectivity index (χ0v) is 44.0. The van der Waals surface area contributed by atoms with Crippen molar-refractivity contribution in [2.75, 3.05) is 13.2 Å². The lowest BCUT2D eigenvalue weighted by atomic mass is 10.0. The number of unbranched alkanes of at least 4 members (excludes halogenated alkanes) is 41. The van der Waals surface area contributed by atoms with Crippen molar-refractivity contribution in [1.29, 1.82) is 0 Å². The van der Waals surface area contributed by atoms with Gasteiger partial charge in [-0.15, -0.1) is 0 Å². The Bertz CT molecular complexity index is 1010. The minimum Gasteiger partial charge on any atom is -0.462 e. The van der Waals surface area contributed by atoms with E-state index in [9.17, 15) is 14.4 Å². The van der Waals surface area contributed by atoms with Gasteiger partial charge in [0, 0.05) is 19.3 Å².